The summed E-state index contributed by atoms with van der Waals surface area (Å²) in [4.78, 5) is 0. The van der Waals surface area contributed by atoms with Gasteiger partial charge in [0.25, 0.3) is 0 Å². The maximum atomic E-state index is 13.8. The minimum atomic E-state index is -0.349. The Morgan fingerprint density at radius 2 is 1.71 bits per heavy atom. The highest BCUT2D eigenvalue weighted by Gasteiger charge is 2.14. The fourth-order valence-electron chi connectivity index (χ4n) is 2.54. The first-order chi connectivity index (χ1) is 10.1. The van der Waals surface area contributed by atoms with Crippen LogP contribution in [-0.2, 0) is 0 Å². The van der Waals surface area contributed by atoms with Crippen molar-refractivity contribution in [3.63, 3.8) is 0 Å². The Bertz CT molecular complexity index is 813. The Hall–Kier alpha value is -1.71. The van der Waals surface area contributed by atoms with Gasteiger partial charge in [0, 0.05) is 4.47 Å². The molecule has 0 radical (unpaired) electrons. The number of halogens is 2. The predicted molar refractivity (Wildman–Crippen MR) is 88.8 cm³/mol. The molecule has 0 heterocycles. The molecule has 0 aliphatic heterocycles. The zero-order valence-electron chi connectivity index (χ0n) is 11.6. The predicted octanol–water partition coefficient (Wildman–Crippen LogP) is 5.10. The van der Waals surface area contributed by atoms with Crippen molar-refractivity contribution in [3.05, 3.63) is 81.6 Å². The Labute approximate surface area is 131 Å². The van der Waals surface area contributed by atoms with Crippen molar-refractivity contribution in [2.75, 3.05) is 0 Å². The van der Waals surface area contributed by atoms with Crippen molar-refractivity contribution >= 4 is 26.7 Å². The molecule has 0 bridgehead atoms. The van der Waals surface area contributed by atoms with Crippen LogP contribution in [0.1, 0.15) is 22.7 Å². The summed E-state index contributed by atoms with van der Waals surface area (Å²) < 4.78 is 14.8. The zero-order valence-corrected chi connectivity index (χ0v) is 13.2. The van der Waals surface area contributed by atoms with E-state index in [0.29, 0.717) is 5.56 Å². The van der Waals surface area contributed by atoms with Gasteiger partial charge >= 0.3 is 0 Å². The van der Waals surface area contributed by atoms with Crippen LogP contribution in [0.5, 0.6) is 0 Å². The van der Waals surface area contributed by atoms with E-state index in [1.807, 2.05) is 42.5 Å². The summed E-state index contributed by atoms with van der Waals surface area (Å²) in [6, 6.07) is 16.9. The van der Waals surface area contributed by atoms with Gasteiger partial charge < -0.3 is 5.73 Å². The second kappa shape index (κ2) is 5.58. The third-order valence-electron chi connectivity index (χ3n) is 3.79. The summed E-state index contributed by atoms with van der Waals surface area (Å²) in [7, 11) is 0. The van der Waals surface area contributed by atoms with E-state index >= 15 is 0 Å². The third-order valence-corrected chi connectivity index (χ3v) is 4.49. The average molecular weight is 344 g/mol. The van der Waals surface area contributed by atoms with Gasteiger partial charge in [-0.3, -0.25) is 0 Å². The first-order valence-electron chi connectivity index (χ1n) is 6.76. The van der Waals surface area contributed by atoms with Crippen LogP contribution in [0.2, 0.25) is 0 Å². The normalized spacial score (nSPS) is 12.6. The Morgan fingerprint density at radius 1 is 1.00 bits per heavy atom. The number of rotatable bonds is 2. The molecule has 0 spiro atoms. The molecule has 3 heteroatoms. The van der Waals surface area contributed by atoms with Crippen molar-refractivity contribution in [1.29, 1.82) is 0 Å². The SMILES string of the molecule is Cc1ccc(C(N)c2ccc(Br)c3ccccc23)cc1F. The largest absolute Gasteiger partial charge is 0.320 e. The Morgan fingerprint density at radius 3 is 2.43 bits per heavy atom. The standard InChI is InChI=1S/C18H15BrFN/c1-11-6-7-12(10-17(11)20)18(21)15-8-9-16(19)14-5-3-2-4-13(14)15/h2-10,18H,21H2,1H3. The second-order valence-electron chi connectivity index (χ2n) is 5.17. The van der Waals surface area contributed by atoms with Crippen LogP contribution in [0, 0.1) is 12.7 Å². The van der Waals surface area contributed by atoms with E-state index < -0.39 is 0 Å². The molecule has 0 saturated heterocycles. The molecule has 0 saturated carbocycles. The van der Waals surface area contributed by atoms with Gasteiger partial charge in [0.15, 0.2) is 0 Å². The van der Waals surface area contributed by atoms with Crippen LogP contribution < -0.4 is 5.73 Å². The molecule has 0 fully saturated rings. The lowest BCUT2D eigenvalue weighted by atomic mass is 9.94. The Balaban J connectivity index is 2.15. The third kappa shape index (κ3) is 2.59. The van der Waals surface area contributed by atoms with E-state index in [4.69, 9.17) is 5.73 Å². The van der Waals surface area contributed by atoms with Crippen LogP contribution >= 0.6 is 15.9 Å². The summed E-state index contributed by atoms with van der Waals surface area (Å²) in [6.07, 6.45) is 0. The highest BCUT2D eigenvalue weighted by Crippen LogP contribution is 2.32. The van der Waals surface area contributed by atoms with Gasteiger partial charge in [-0.15, -0.1) is 0 Å². The van der Waals surface area contributed by atoms with Crippen molar-refractivity contribution in [3.8, 4) is 0 Å². The Kier molecular flexibility index (Phi) is 3.79. The van der Waals surface area contributed by atoms with Crippen molar-refractivity contribution in [2.45, 2.75) is 13.0 Å². The highest BCUT2D eigenvalue weighted by atomic mass is 79.9. The number of benzene rings is 3. The molecule has 0 amide bonds. The number of hydrogen-bond acceptors (Lipinski definition) is 1. The summed E-state index contributed by atoms with van der Waals surface area (Å²) in [6.45, 7) is 1.75. The van der Waals surface area contributed by atoms with E-state index in [2.05, 4.69) is 15.9 Å². The second-order valence-corrected chi connectivity index (χ2v) is 6.02. The van der Waals surface area contributed by atoms with Crippen LogP contribution in [0.25, 0.3) is 10.8 Å². The molecule has 1 nitrogen and oxygen atoms in total. The quantitative estimate of drug-likeness (QED) is 0.688. The van der Waals surface area contributed by atoms with E-state index in [1.54, 1.807) is 13.0 Å². The van der Waals surface area contributed by atoms with Gasteiger partial charge in [-0.2, -0.15) is 0 Å². The van der Waals surface area contributed by atoms with Crippen molar-refractivity contribution < 1.29 is 4.39 Å². The topological polar surface area (TPSA) is 26.0 Å². The van der Waals surface area contributed by atoms with Crippen LogP contribution in [0.15, 0.2) is 59.1 Å². The van der Waals surface area contributed by atoms with Gasteiger partial charge in [0.1, 0.15) is 5.82 Å². The van der Waals surface area contributed by atoms with Gasteiger partial charge in [-0.05, 0) is 46.5 Å². The first-order valence-corrected chi connectivity index (χ1v) is 7.56. The maximum Gasteiger partial charge on any atom is 0.126 e. The van der Waals surface area contributed by atoms with Crippen molar-refractivity contribution in [2.24, 2.45) is 5.73 Å². The van der Waals surface area contributed by atoms with Crippen LogP contribution in [0.4, 0.5) is 4.39 Å². The monoisotopic (exact) mass is 343 g/mol. The molecular formula is C18H15BrFN. The van der Waals surface area contributed by atoms with Crippen LogP contribution in [0.3, 0.4) is 0 Å². The van der Waals surface area contributed by atoms with E-state index in [9.17, 15) is 4.39 Å². The fourth-order valence-corrected chi connectivity index (χ4v) is 3.02. The number of aryl methyl sites for hydroxylation is 1. The number of fused-ring (bicyclic) bond motifs is 1. The molecule has 0 aliphatic carbocycles. The lowest BCUT2D eigenvalue weighted by Gasteiger charge is -2.16. The molecule has 3 aromatic rings. The summed E-state index contributed by atoms with van der Waals surface area (Å²) in [5, 5.41) is 2.19. The minimum Gasteiger partial charge on any atom is -0.320 e. The van der Waals surface area contributed by atoms with Gasteiger partial charge in [-0.1, -0.05) is 58.4 Å². The summed E-state index contributed by atoms with van der Waals surface area (Å²) in [5.41, 5.74) is 8.78. The number of hydrogen-bond donors (Lipinski definition) is 1. The van der Waals surface area contributed by atoms with Gasteiger partial charge in [0.05, 0.1) is 6.04 Å². The number of nitrogens with two attached hydrogens (primary N) is 1. The van der Waals surface area contributed by atoms with E-state index in [1.165, 1.54) is 6.07 Å². The molecule has 3 aromatic carbocycles. The molecular weight excluding hydrogens is 329 g/mol. The smallest absolute Gasteiger partial charge is 0.126 e. The molecule has 3 rings (SSSR count). The van der Waals surface area contributed by atoms with Crippen molar-refractivity contribution in [1.82, 2.24) is 0 Å². The van der Waals surface area contributed by atoms with Gasteiger partial charge in [0.2, 0.25) is 0 Å². The maximum absolute atomic E-state index is 13.8. The molecule has 1 atom stereocenters. The fraction of sp³-hybridized carbons (Fsp3) is 0.111. The lowest BCUT2D eigenvalue weighted by Crippen LogP contribution is -2.12. The molecule has 106 valence electrons. The van der Waals surface area contributed by atoms with Gasteiger partial charge in [-0.25, -0.2) is 4.39 Å². The molecule has 1 unspecified atom stereocenters. The van der Waals surface area contributed by atoms with E-state index in [0.717, 1.165) is 26.4 Å². The van der Waals surface area contributed by atoms with Crippen LogP contribution in [-0.4, -0.2) is 0 Å². The first kappa shape index (κ1) is 14.2. The minimum absolute atomic E-state index is 0.218. The average Bonchev–Trinajstić information content (AvgIpc) is 2.50. The molecule has 21 heavy (non-hydrogen) atoms. The summed E-state index contributed by atoms with van der Waals surface area (Å²) in [5.74, 6) is -0.218. The molecule has 0 aliphatic rings. The molecule has 0 aromatic heterocycles. The van der Waals surface area contributed by atoms with E-state index in [-0.39, 0.29) is 11.9 Å². The zero-order chi connectivity index (χ0) is 15.0. The lowest BCUT2D eigenvalue weighted by molar-refractivity contribution is 0.614. The molecule has 2 N–H and O–H groups in total. The highest BCUT2D eigenvalue weighted by molar-refractivity contribution is 9.10. The summed E-state index contributed by atoms with van der Waals surface area (Å²) >= 11 is 3.56.